The van der Waals surface area contributed by atoms with Crippen LogP contribution in [0.3, 0.4) is 0 Å². The van der Waals surface area contributed by atoms with E-state index in [1.807, 2.05) is 0 Å². The molecule has 0 atom stereocenters. The van der Waals surface area contributed by atoms with Gasteiger partial charge in [-0.15, -0.1) is 0 Å². The summed E-state index contributed by atoms with van der Waals surface area (Å²) < 4.78 is 59.9. The lowest BCUT2D eigenvalue weighted by atomic mass is 10.0. The molecule has 0 saturated carbocycles. The van der Waals surface area contributed by atoms with Crippen LogP contribution in [0.4, 0.5) is 17.6 Å². The lowest BCUT2D eigenvalue weighted by Crippen LogP contribution is -2.00. The Bertz CT molecular complexity index is 609. The van der Waals surface area contributed by atoms with E-state index in [1.165, 1.54) is 6.08 Å². The zero-order valence-electron chi connectivity index (χ0n) is 10.2. The van der Waals surface area contributed by atoms with Crippen molar-refractivity contribution in [2.75, 3.05) is 6.61 Å². The first-order valence-corrected chi connectivity index (χ1v) is 5.62. The Morgan fingerprint density at radius 3 is 1.95 bits per heavy atom. The van der Waals surface area contributed by atoms with Gasteiger partial charge in [0.15, 0.2) is 0 Å². The van der Waals surface area contributed by atoms with E-state index in [0.29, 0.717) is 0 Å². The number of hydrogen-bond donors (Lipinski definition) is 0. The van der Waals surface area contributed by atoms with Gasteiger partial charge in [-0.05, 0) is 18.2 Å². The lowest BCUT2D eigenvalue weighted by molar-refractivity contribution is 0.358. The number of halogens is 4. The second kappa shape index (κ2) is 5.77. The summed E-state index contributed by atoms with van der Waals surface area (Å²) in [5, 5.41) is 0. The fourth-order valence-corrected chi connectivity index (χ4v) is 1.71. The van der Waals surface area contributed by atoms with Crippen LogP contribution in [0.15, 0.2) is 36.9 Å². The molecule has 0 saturated heterocycles. The third-order valence-electron chi connectivity index (χ3n) is 2.53. The van der Waals surface area contributed by atoms with Crippen molar-refractivity contribution >= 4 is 0 Å². The number of benzene rings is 2. The number of rotatable bonds is 4. The second-order valence-electron chi connectivity index (χ2n) is 3.89. The van der Waals surface area contributed by atoms with Crippen molar-refractivity contribution in [3.05, 3.63) is 66.3 Å². The van der Waals surface area contributed by atoms with Crippen LogP contribution in [0.25, 0.3) is 11.1 Å². The molecule has 0 heterocycles. The normalized spacial score (nSPS) is 10.4. The Morgan fingerprint density at radius 1 is 0.950 bits per heavy atom. The van der Waals surface area contributed by atoms with E-state index in [0.717, 1.165) is 24.3 Å². The lowest BCUT2D eigenvalue weighted by Gasteiger charge is -2.10. The molecular weight excluding hydrogens is 272 g/mol. The molecule has 0 unspecified atom stereocenters. The fraction of sp³-hybridized carbons (Fsp3) is 0.0667. The molecule has 103 valence electrons. The molecule has 0 aromatic heterocycles. The Balaban J connectivity index is 2.55. The summed E-state index contributed by atoms with van der Waals surface area (Å²) in [4.78, 5) is 0. The van der Waals surface area contributed by atoms with Gasteiger partial charge in [-0.1, -0.05) is 12.7 Å². The molecule has 1 nitrogen and oxygen atoms in total. The van der Waals surface area contributed by atoms with Crippen LogP contribution < -0.4 is 4.74 Å². The van der Waals surface area contributed by atoms with Crippen LogP contribution in [0.1, 0.15) is 0 Å². The van der Waals surface area contributed by atoms with E-state index in [4.69, 9.17) is 4.74 Å². The van der Waals surface area contributed by atoms with Gasteiger partial charge in [-0.3, -0.25) is 0 Å². The van der Waals surface area contributed by atoms with E-state index in [9.17, 15) is 17.6 Å². The van der Waals surface area contributed by atoms with Gasteiger partial charge in [0.2, 0.25) is 0 Å². The summed E-state index contributed by atoms with van der Waals surface area (Å²) in [5.41, 5.74) is -1.55. The molecule has 0 spiro atoms. The largest absolute Gasteiger partial charge is 0.489 e. The summed E-state index contributed by atoms with van der Waals surface area (Å²) in [5.74, 6) is -4.52. The first kappa shape index (κ1) is 14.1. The molecule has 0 N–H and O–H groups in total. The average Bonchev–Trinajstić information content (AvgIpc) is 2.39. The van der Waals surface area contributed by atoms with Gasteiger partial charge in [0.25, 0.3) is 0 Å². The summed E-state index contributed by atoms with van der Waals surface area (Å²) in [6, 6.07) is 5.51. The smallest absolute Gasteiger partial charge is 0.137 e. The predicted octanol–water partition coefficient (Wildman–Crippen LogP) is 4.27. The van der Waals surface area contributed by atoms with Crippen LogP contribution in [-0.2, 0) is 0 Å². The minimum Gasteiger partial charge on any atom is -0.489 e. The second-order valence-corrected chi connectivity index (χ2v) is 3.89. The van der Waals surface area contributed by atoms with Crippen molar-refractivity contribution in [3.63, 3.8) is 0 Å². The fourth-order valence-electron chi connectivity index (χ4n) is 1.71. The molecule has 0 aliphatic carbocycles. The SMILES string of the molecule is C=CCOc1cc(F)c(-c2c(F)c[c]cc2F)c(F)c1. The standard InChI is InChI=1S/C15H9F4O/c1-2-6-20-9-7-12(18)15(13(19)8-9)14-10(16)4-3-5-11(14)17/h2,4-5,7-8H,1,6H2. The van der Waals surface area contributed by atoms with Gasteiger partial charge >= 0.3 is 0 Å². The van der Waals surface area contributed by atoms with Crippen molar-refractivity contribution in [2.24, 2.45) is 0 Å². The first-order chi connectivity index (χ1) is 9.54. The monoisotopic (exact) mass is 281 g/mol. The summed E-state index contributed by atoms with van der Waals surface area (Å²) in [7, 11) is 0. The molecule has 0 aliphatic heterocycles. The molecule has 1 radical (unpaired) electrons. The Hall–Kier alpha value is -2.30. The van der Waals surface area contributed by atoms with Crippen LogP contribution in [0, 0.1) is 29.3 Å². The van der Waals surface area contributed by atoms with Crippen molar-refractivity contribution in [1.29, 1.82) is 0 Å². The highest BCUT2D eigenvalue weighted by molar-refractivity contribution is 5.67. The van der Waals surface area contributed by atoms with Gasteiger partial charge in [0.1, 0.15) is 35.6 Å². The molecule has 0 aliphatic rings. The Labute approximate surface area is 113 Å². The minimum atomic E-state index is -1.12. The third-order valence-corrected chi connectivity index (χ3v) is 2.53. The third kappa shape index (κ3) is 2.66. The highest BCUT2D eigenvalue weighted by Gasteiger charge is 2.20. The Morgan fingerprint density at radius 2 is 1.45 bits per heavy atom. The van der Waals surface area contributed by atoms with Gasteiger partial charge < -0.3 is 4.74 Å². The summed E-state index contributed by atoms with van der Waals surface area (Å²) >= 11 is 0. The topological polar surface area (TPSA) is 9.23 Å². The quantitative estimate of drug-likeness (QED) is 0.600. The minimum absolute atomic E-state index is 0.0568. The molecule has 2 rings (SSSR count). The van der Waals surface area contributed by atoms with E-state index in [1.54, 1.807) is 0 Å². The molecule has 2 aromatic rings. The molecular formula is C15H9F4O. The van der Waals surface area contributed by atoms with Crippen LogP contribution >= 0.6 is 0 Å². The molecule has 0 amide bonds. The Kier molecular flexibility index (Phi) is 4.08. The molecule has 20 heavy (non-hydrogen) atoms. The maximum absolute atomic E-state index is 13.9. The van der Waals surface area contributed by atoms with Gasteiger partial charge in [-0.25, -0.2) is 17.6 Å². The average molecular weight is 281 g/mol. The van der Waals surface area contributed by atoms with Gasteiger partial charge in [-0.2, -0.15) is 0 Å². The maximum atomic E-state index is 13.9. The number of ether oxygens (including phenoxy) is 1. The maximum Gasteiger partial charge on any atom is 0.137 e. The predicted molar refractivity (Wildman–Crippen MR) is 66.2 cm³/mol. The van der Waals surface area contributed by atoms with Gasteiger partial charge in [0.05, 0.1) is 11.1 Å². The van der Waals surface area contributed by atoms with E-state index < -0.39 is 34.4 Å². The molecule has 5 heteroatoms. The van der Waals surface area contributed by atoms with Gasteiger partial charge in [0, 0.05) is 12.1 Å². The summed E-state index contributed by atoms with van der Waals surface area (Å²) in [6.07, 6.45) is 1.40. The van der Waals surface area contributed by atoms with E-state index >= 15 is 0 Å². The highest BCUT2D eigenvalue weighted by atomic mass is 19.1. The highest BCUT2D eigenvalue weighted by Crippen LogP contribution is 2.33. The molecule has 0 bridgehead atoms. The van der Waals surface area contributed by atoms with E-state index in [2.05, 4.69) is 12.6 Å². The van der Waals surface area contributed by atoms with Crippen LogP contribution in [0.2, 0.25) is 0 Å². The van der Waals surface area contributed by atoms with Crippen molar-refractivity contribution < 1.29 is 22.3 Å². The van der Waals surface area contributed by atoms with E-state index in [-0.39, 0.29) is 12.4 Å². The first-order valence-electron chi connectivity index (χ1n) is 5.62. The number of hydrogen-bond acceptors (Lipinski definition) is 1. The summed E-state index contributed by atoms with van der Waals surface area (Å²) in [6.45, 7) is 3.45. The molecule has 0 fully saturated rings. The molecule has 2 aromatic carbocycles. The van der Waals surface area contributed by atoms with Crippen LogP contribution in [0.5, 0.6) is 5.75 Å². The van der Waals surface area contributed by atoms with Crippen LogP contribution in [-0.4, -0.2) is 6.61 Å². The van der Waals surface area contributed by atoms with Crippen molar-refractivity contribution in [3.8, 4) is 16.9 Å². The zero-order valence-corrected chi connectivity index (χ0v) is 10.2. The van der Waals surface area contributed by atoms with Crippen molar-refractivity contribution in [2.45, 2.75) is 0 Å². The van der Waals surface area contributed by atoms with Crippen molar-refractivity contribution in [1.82, 2.24) is 0 Å². The zero-order chi connectivity index (χ0) is 14.7.